The summed E-state index contributed by atoms with van der Waals surface area (Å²) in [7, 11) is -0.956. The molecule has 1 aliphatic heterocycles. The molecule has 0 fully saturated rings. The molecule has 0 unspecified atom stereocenters. The van der Waals surface area contributed by atoms with Gasteiger partial charge in [0.2, 0.25) is 0 Å². The van der Waals surface area contributed by atoms with Crippen molar-refractivity contribution < 1.29 is 17.9 Å². The lowest BCUT2D eigenvalue weighted by molar-refractivity contribution is 0.0600. The molecule has 1 aliphatic rings. The van der Waals surface area contributed by atoms with Crippen molar-refractivity contribution in [3.63, 3.8) is 0 Å². The van der Waals surface area contributed by atoms with E-state index in [4.69, 9.17) is 4.74 Å². The summed E-state index contributed by atoms with van der Waals surface area (Å²) in [6, 6.07) is 6.88. The Morgan fingerprint density at radius 2 is 1.86 bits per heavy atom. The van der Waals surface area contributed by atoms with Crippen LogP contribution in [-0.4, -0.2) is 38.6 Å². The van der Waals surface area contributed by atoms with Gasteiger partial charge in [0.05, 0.1) is 18.4 Å². The van der Waals surface area contributed by atoms with Crippen LogP contribution in [0.5, 0.6) is 0 Å². The van der Waals surface area contributed by atoms with Crippen LogP contribution in [0.3, 0.4) is 0 Å². The Kier molecular flexibility index (Phi) is 3.87. The average Bonchev–Trinajstić information content (AvgIpc) is 2.44. The van der Waals surface area contributed by atoms with Crippen molar-refractivity contribution in [2.24, 2.45) is 4.40 Å². The number of hydrogen-bond acceptors (Lipinski definition) is 4. The largest absolute Gasteiger partial charge is 0.465 e. The molecule has 0 bridgehead atoms. The van der Waals surface area contributed by atoms with Crippen LogP contribution in [0.1, 0.15) is 29.8 Å². The van der Waals surface area contributed by atoms with E-state index in [-0.39, 0.29) is 0 Å². The van der Waals surface area contributed by atoms with Gasteiger partial charge in [0.25, 0.3) is 0 Å². The summed E-state index contributed by atoms with van der Waals surface area (Å²) in [4.78, 5) is 11.9. The Morgan fingerprint density at radius 1 is 1.24 bits per heavy atom. The highest BCUT2D eigenvalue weighted by atomic mass is 32.2. The minimum Gasteiger partial charge on any atom is -0.465 e. The third kappa shape index (κ3) is 2.56. The van der Waals surface area contributed by atoms with Crippen molar-refractivity contribution in [1.82, 2.24) is 4.31 Å². The second-order valence-corrected chi connectivity index (χ2v) is 6.25. The van der Waals surface area contributed by atoms with Gasteiger partial charge in [0.1, 0.15) is 0 Å². The number of methoxy groups -OCH3 is 1. The van der Waals surface area contributed by atoms with E-state index in [9.17, 15) is 13.2 Å². The first-order chi connectivity index (χ1) is 9.79. The molecule has 1 heterocycles. The second kappa shape index (κ2) is 5.33. The number of allylic oxidation sites excluding steroid dienone is 2. The quantitative estimate of drug-likeness (QED) is 0.781. The lowest BCUT2D eigenvalue weighted by Gasteiger charge is -2.26. The zero-order valence-corrected chi connectivity index (χ0v) is 13.1. The third-order valence-corrected chi connectivity index (χ3v) is 4.87. The molecule has 21 heavy (non-hydrogen) atoms. The zero-order valence-electron chi connectivity index (χ0n) is 12.2. The minimum absolute atomic E-state index is 0.349. The predicted molar refractivity (Wildman–Crippen MR) is 80.2 cm³/mol. The van der Waals surface area contributed by atoms with Crippen molar-refractivity contribution in [3.8, 4) is 0 Å². The Labute approximate surface area is 123 Å². The van der Waals surface area contributed by atoms with Gasteiger partial charge in [0, 0.05) is 18.3 Å². The third-order valence-electron chi connectivity index (χ3n) is 3.40. The van der Waals surface area contributed by atoms with Crippen LogP contribution in [0.15, 0.2) is 34.4 Å². The highest BCUT2D eigenvalue weighted by molar-refractivity contribution is 7.88. The number of hydrogen-bond donors (Lipinski definition) is 0. The molecule has 1 aromatic rings. The van der Waals surface area contributed by atoms with Gasteiger partial charge in [-0.15, -0.1) is 4.40 Å². The summed E-state index contributed by atoms with van der Waals surface area (Å²) in [6.45, 7) is 3.29. The van der Waals surface area contributed by atoms with Crippen molar-refractivity contribution in [2.75, 3.05) is 14.2 Å². The molecule has 0 aliphatic carbocycles. The summed E-state index contributed by atoms with van der Waals surface area (Å²) >= 11 is 0. The van der Waals surface area contributed by atoms with Crippen molar-refractivity contribution >= 4 is 27.5 Å². The maximum absolute atomic E-state index is 11.9. The average molecular weight is 308 g/mol. The van der Waals surface area contributed by atoms with Crippen molar-refractivity contribution in [1.29, 1.82) is 0 Å². The van der Waals surface area contributed by atoms with E-state index in [0.717, 1.165) is 4.31 Å². The molecule has 0 saturated heterocycles. The van der Waals surface area contributed by atoms with Gasteiger partial charge in [-0.25, -0.2) is 4.79 Å². The first-order valence-corrected chi connectivity index (χ1v) is 7.63. The van der Waals surface area contributed by atoms with Crippen LogP contribution in [0.25, 0.3) is 5.57 Å². The van der Waals surface area contributed by atoms with E-state index in [1.54, 1.807) is 38.1 Å². The van der Waals surface area contributed by atoms with Gasteiger partial charge in [0.15, 0.2) is 0 Å². The number of esters is 1. The monoisotopic (exact) mass is 308 g/mol. The number of rotatable bonds is 2. The van der Waals surface area contributed by atoms with E-state index < -0.39 is 16.2 Å². The summed E-state index contributed by atoms with van der Waals surface area (Å²) in [6.07, 6.45) is 0. The first-order valence-electron chi connectivity index (χ1n) is 6.24. The smallest absolute Gasteiger partial charge is 0.344 e. The second-order valence-electron chi connectivity index (χ2n) is 4.62. The molecular weight excluding hydrogens is 292 g/mol. The zero-order chi connectivity index (χ0) is 15.8. The topological polar surface area (TPSA) is 76.0 Å². The Balaban J connectivity index is 2.71. The van der Waals surface area contributed by atoms with Crippen molar-refractivity contribution in [2.45, 2.75) is 13.8 Å². The van der Waals surface area contributed by atoms with E-state index in [1.807, 2.05) is 0 Å². The van der Waals surface area contributed by atoms with Gasteiger partial charge in [-0.05, 0) is 25.5 Å². The predicted octanol–water partition coefficient (Wildman–Crippen LogP) is 1.86. The van der Waals surface area contributed by atoms with Gasteiger partial charge >= 0.3 is 16.2 Å². The highest BCUT2D eigenvalue weighted by Crippen LogP contribution is 2.31. The van der Waals surface area contributed by atoms with Crippen molar-refractivity contribution in [3.05, 3.63) is 41.1 Å². The SMILES string of the molecule is COC(=O)c1ccccc1C1=C(C)N(C)S(=O)(=O)N=C1C. The molecule has 6 nitrogen and oxygen atoms in total. The maximum atomic E-state index is 11.9. The molecule has 112 valence electrons. The fourth-order valence-electron chi connectivity index (χ4n) is 2.25. The molecule has 1 aromatic carbocycles. The summed E-state index contributed by atoms with van der Waals surface area (Å²) in [5, 5.41) is 0. The van der Waals surface area contributed by atoms with Gasteiger partial charge in [-0.2, -0.15) is 8.42 Å². The molecule has 0 aromatic heterocycles. The van der Waals surface area contributed by atoms with Crippen LogP contribution in [-0.2, 0) is 14.9 Å². The number of benzene rings is 1. The molecule has 2 rings (SSSR count). The van der Waals surface area contributed by atoms with Gasteiger partial charge < -0.3 is 4.74 Å². The van der Waals surface area contributed by atoms with Crippen LogP contribution in [0.4, 0.5) is 0 Å². The lowest BCUT2D eigenvalue weighted by Crippen LogP contribution is -2.30. The summed E-state index contributed by atoms with van der Waals surface area (Å²) < 4.78 is 33.3. The Morgan fingerprint density at radius 3 is 2.48 bits per heavy atom. The fourth-order valence-corrected chi connectivity index (χ4v) is 3.25. The number of carbonyl (C=O) groups excluding carboxylic acids is 1. The fraction of sp³-hybridized carbons (Fsp3) is 0.286. The Bertz CT molecular complexity index is 763. The normalized spacial score (nSPS) is 17.5. The molecule has 0 atom stereocenters. The van der Waals surface area contributed by atoms with Crippen LogP contribution < -0.4 is 0 Å². The van der Waals surface area contributed by atoms with Gasteiger partial charge in [-0.3, -0.25) is 4.31 Å². The van der Waals surface area contributed by atoms with E-state index >= 15 is 0 Å². The van der Waals surface area contributed by atoms with Crippen LogP contribution in [0, 0.1) is 0 Å². The van der Waals surface area contributed by atoms with Crippen LogP contribution >= 0.6 is 0 Å². The summed E-state index contributed by atoms with van der Waals surface area (Å²) in [5.41, 5.74) is 2.45. The molecule has 7 heteroatoms. The lowest BCUT2D eigenvalue weighted by atomic mass is 9.95. The molecule has 0 N–H and O–H groups in total. The molecule has 0 spiro atoms. The standard InChI is InChI=1S/C14H16N2O4S/c1-9-13(10(2)16(3)21(18,19)15-9)11-7-5-6-8-12(11)14(17)20-4/h5-8H,1-4H3. The maximum Gasteiger partial charge on any atom is 0.344 e. The van der Waals surface area contributed by atoms with E-state index in [2.05, 4.69) is 4.40 Å². The number of ether oxygens (including phenoxy) is 1. The van der Waals surface area contributed by atoms with Crippen LogP contribution in [0.2, 0.25) is 0 Å². The minimum atomic E-state index is -3.69. The molecule has 0 saturated carbocycles. The van der Waals surface area contributed by atoms with E-state index in [1.165, 1.54) is 14.2 Å². The number of carbonyl (C=O) groups is 1. The molecule has 0 amide bonds. The molecular formula is C14H16N2O4S. The Hall–Kier alpha value is -2.15. The highest BCUT2D eigenvalue weighted by Gasteiger charge is 2.29. The number of nitrogens with zero attached hydrogens (tertiary/aromatic N) is 2. The van der Waals surface area contributed by atoms with Gasteiger partial charge in [-0.1, -0.05) is 18.2 Å². The van der Waals surface area contributed by atoms with E-state index in [0.29, 0.717) is 28.1 Å². The first kappa shape index (κ1) is 15.2. The summed E-state index contributed by atoms with van der Waals surface area (Å²) in [5.74, 6) is -0.477. The molecule has 0 radical (unpaired) electrons.